The third-order valence-corrected chi connectivity index (χ3v) is 7.45. The molecule has 0 amide bonds. The number of rotatable bonds is 5. The number of hydrogen-bond donors (Lipinski definition) is 2. The highest BCUT2D eigenvalue weighted by molar-refractivity contribution is 7.89. The molecule has 0 atom stereocenters. The molecule has 0 spiro atoms. The molecule has 0 radical (unpaired) electrons. The van der Waals surface area contributed by atoms with Gasteiger partial charge in [-0.2, -0.15) is 0 Å². The van der Waals surface area contributed by atoms with Crippen LogP contribution in [0.1, 0.15) is 43.2 Å². The predicted molar refractivity (Wildman–Crippen MR) is 98.4 cm³/mol. The summed E-state index contributed by atoms with van der Waals surface area (Å²) in [6, 6.07) is 5.36. The molecule has 140 valence electrons. The van der Waals surface area contributed by atoms with Gasteiger partial charge in [0.2, 0.25) is 10.0 Å². The van der Waals surface area contributed by atoms with Gasteiger partial charge in [-0.15, -0.1) is 0 Å². The van der Waals surface area contributed by atoms with E-state index in [2.05, 4.69) is 4.72 Å². The molecule has 1 saturated heterocycles. The lowest BCUT2D eigenvalue weighted by atomic mass is 9.80. The zero-order chi connectivity index (χ0) is 17.9. The molecular weight excluding hydrogens is 336 g/mol. The Morgan fingerprint density at radius 3 is 2.40 bits per heavy atom. The lowest BCUT2D eigenvalue weighted by molar-refractivity contribution is -0.960. The lowest BCUT2D eigenvalue weighted by Gasteiger charge is -2.44. The smallest absolute Gasteiger partial charge is 0.240 e. The zero-order valence-electron chi connectivity index (χ0n) is 15.4. The van der Waals surface area contributed by atoms with Gasteiger partial charge in [-0.1, -0.05) is 12.5 Å². The topological polar surface area (TPSA) is 59.8 Å². The van der Waals surface area contributed by atoms with E-state index in [0.29, 0.717) is 11.4 Å². The molecule has 1 aromatic carbocycles. The molecule has 0 bridgehead atoms. The Hall–Kier alpha value is -0.950. The van der Waals surface area contributed by atoms with Crippen molar-refractivity contribution in [3.63, 3.8) is 0 Å². The Bertz CT molecular complexity index is 691. The van der Waals surface area contributed by atoms with Crippen LogP contribution in [-0.2, 0) is 14.8 Å². The molecule has 2 N–H and O–H groups in total. The van der Waals surface area contributed by atoms with Gasteiger partial charge < -0.3 is 9.64 Å². The molecule has 6 heteroatoms. The summed E-state index contributed by atoms with van der Waals surface area (Å²) in [6.45, 7) is 7.99. The third kappa shape index (κ3) is 4.25. The standard InChI is InChI=1S/C19H30N2O3S/c1-16-6-7-18(14-17(16)2)25(22,23)20-15-19(8-4-3-5-9-19)21-10-12-24-13-11-21/h6-7,14,20H,3-5,8-13,15H2,1-2H3/p+1. The minimum absolute atomic E-state index is 0.0227. The highest BCUT2D eigenvalue weighted by Gasteiger charge is 2.43. The number of quaternary nitrogens is 1. The van der Waals surface area contributed by atoms with Gasteiger partial charge in [0, 0.05) is 12.8 Å². The SMILES string of the molecule is Cc1ccc(S(=O)(=O)NCC2([NH+]3CCOCC3)CCCCC2)cc1C. The van der Waals surface area contributed by atoms with E-state index in [1.54, 1.807) is 12.1 Å². The normalized spacial score (nSPS) is 22.0. The molecule has 1 aliphatic heterocycles. The molecule has 2 aliphatic rings. The molecule has 0 unspecified atom stereocenters. The zero-order valence-corrected chi connectivity index (χ0v) is 16.3. The number of nitrogens with one attached hydrogen (secondary N) is 2. The van der Waals surface area contributed by atoms with Gasteiger partial charge in [-0.05, 0) is 49.9 Å². The Morgan fingerprint density at radius 1 is 1.08 bits per heavy atom. The van der Waals surface area contributed by atoms with Crippen molar-refractivity contribution in [3.8, 4) is 0 Å². The second-order valence-corrected chi connectivity index (χ2v) is 9.39. The van der Waals surface area contributed by atoms with Crippen molar-refractivity contribution in [2.24, 2.45) is 0 Å². The maximum atomic E-state index is 12.8. The number of morpholine rings is 1. The van der Waals surface area contributed by atoms with E-state index in [1.807, 2.05) is 19.9 Å². The van der Waals surface area contributed by atoms with Crippen molar-refractivity contribution in [2.45, 2.75) is 56.4 Å². The van der Waals surface area contributed by atoms with Crippen molar-refractivity contribution >= 4 is 10.0 Å². The maximum absolute atomic E-state index is 12.8. The molecule has 1 saturated carbocycles. The van der Waals surface area contributed by atoms with Crippen molar-refractivity contribution < 1.29 is 18.1 Å². The Kier molecular flexibility index (Phi) is 5.83. The first-order valence-corrected chi connectivity index (χ1v) is 10.9. The first-order chi connectivity index (χ1) is 11.9. The second kappa shape index (κ2) is 7.74. The fraction of sp³-hybridized carbons (Fsp3) is 0.684. The van der Waals surface area contributed by atoms with Gasteiger partial charge in [0.15, 0.2) is 0 Å². The third-order valence-electron chi connectivity index (χ3n) is 6.05. The van der Waals surface area contributed by atoms with Gasteiger partial charge in [0.25, 0.3) is 0 Å². The molecule has 1 aromatic rings. The van der Waals surface area contributed by atoms with Crippen LogP contribution >= 0.6 is 0 Å². The number of aryl methyl sites for hydroxylation is 2. The largest absolute Gasteiger partial charge is 0.370 e. The summed E-state index contributed by atoms with van der Waals surface area (Å²) >= 11 is 0. The first kappa shape index (κ1) is 18.8. The van der Waals surface area contributed by atoms with Crippen LogP contribution in [0, 0.1) is 13.8 Å². The van der Waals surface area contributed by atoms with Gasteiger partial charge >= 0.3 is 0 Å². The van der Waals surface area contributed by atoms with Crippen LogP contribution in [0.5, 0.6) is 0 Å². The molecule has 0 aromatic heterocycles. The number of benzene rings is 1. The van der Waals surface area contributed by atoms with Crippen LogP contribution in [-0.4, -0.2) is 46.8 Å². The summed E-state index contributed by atoms with van der Waals surface area (Å²) < 4.78 is 34.1. The van der Waals surface area contributed by atoms with Crippen LogP contribution < -0.4 is 9.62 Å². The average Bonchev–Trinajstić information content (AvgIpc) is 2.64. The van der Waals surface area contributed by atoms with Gasteiger partial charge in [0.1, 0.15) is 18.6 Å². The Labute approximate surface area is 151 Å². The quantitative estimate of drug-likeness (QED) is 0.822. The fourth-order valence-corrected chi connectivity index (χ4v) is 5.44. The van der Waals surface area contributed by atoms with Gasteiger partial charge in [-0.3, -0.25) is 0 Å². The minimum atomic E-state index is -3.47. The maximum Gasteiger partial charge on any atom is 0.240 e. The van der Waals surface area contributed by atoms with E-state index < -0.39 is 10.0 Å². The summed E-state index contributed by atoms with van der Waals surface area (Å²) in [6.07, 6.45) is 5.83. The summed E-state index contributed by atoms with van der Waals surface area (Å²) in [4.78, 5) is 1.89. The Balaban J connectivity index is 1.76. The highest BCUT2D eigenvalue weighted by Crippen LogP contribution is 2.26. The molecule has 1 heterocycles. The van der Waals surface area contributed by atoms with Crippen molar-refractivity contribution in [1.29, 1.82) is 0 Å². The number of ether oxygens (including phenoxy) is 1. The minimum Gasteiger partial charge on any atom is -0.370 e. The van der Waals surface area contributed by atoms with Gasteiger partial charge in [0.05, 0.1) is 24.7 Å². The van der Waals surface area contributed by atoms with E-state index in [-0.39, 0.29) is 5.54 Å². The van der Waals surface area contributed by atoms with E-state index in [1.165, 1.54) is 24.2 Å². The van der Waals surface area contributed by atoms with E-state index in [0.717, 1.165) is 50.3 Å². The average molecular weight is 368 g/mol. The van der Waals surface area contributed by atoms with Crippen LogP contribution in [0.25, 0.3) is 0 Å². The summed E-state index contributed by atoms with van der Waals surface area (Å²) in [5.41, 5.74) is 2.14. The van der Waals surface area contributed by atoms with E-state index in [4.69, 9.17) is 4.74 Å². The highest BCUT2D eigenvalue weighted by atomic mass is 32.2. The predicted octanol–water partition coefficient (Wildman–Crippen LogP) is 1.20. The monoisotopic (exact) mass is 367 g/mol. The molecule has 1 aliphatic carbocycles. The van der Waals surface area contributed by atoms with Crippen LogP contribution in [0.3, 0.4) is 0 Å². The van der Waals surface area contributed by atoms with E-state index in [9.17, 15) is 8.42 Å². The fourth-order valence-electron chi connectivity index (χ4n) is 4.23. The van der Waals surface area contributed by atoms with Crippen LogP contribution in [0.15, 0.2) is 23.1 Å². The summed E-state index contributed by atoms with van der Waals surface area (Å²) in [7, 11) is -3.47. The molecular formula is C19H31N2O3S+. The van der Waals surface area contributed by atoms with Crippen molar-refractivity contribution in [1.82, 2.24) is 4.72 Å². The van der Waals surface area contributed by atoms with Crippen LogP contribution in [0.2, 0.25) is 0 Å². The first-order valence-electron chi connectivity index (χ1n) is 9.43. The number of sulfonamides is 1. The molecule has 3 rings (SSSR count). The van der Waals surface area contributed by atoms with Gasteiger partial charge in [-0.25, -0.2) is 13.1 Å². The second-order valence-electron chi connectivity index (χ2n) is 7.63. The lowest BCUT2D eigenvalue weighted by Crippen LogP contribution is -3.23. The van der Waals surface area contributed by atoms with Crippen molar-refractivity contribution in [2.75, 3.05) is 32.8 Å². The molecule has 25 heavy (non-hydrogen) atoms. The molecule has 5 nitrogen and oxygen atoms in total. The Morgan fingerprint density at radius 2 is 1.76 bits per heavy atom. The summed E-state index contributed by atoms with van der Waals surface area (Å²) in [5.74, 6) is 0. The van der Waals surface area contributed by atoms with Crippen LogP contribution in [0.4, 0.5) is 0 Å². The van der Waals surface area contributed by atoms with E-state index >= 15 is 0 Å². The number of hydrogen-bond acceptors (Lipinski definition) is 3. The molecule has 2 fully saturated rings. The summed E-state index contributed by atoms with van der Waals surface area (Å²) in [5, 5.41) is 0. The van der Waals surface area contributed by atoms with Crippen molar-refractivity contribution in [3.05, 3.63) is 29.3 Å².